The van der Waals surface area contributed by atoms with E-state index in [2.05, 4.69) is 5.32 Å². The van der Waals surface area contributed by atoms with Crippen LogP contribution in [0.25, 0.3) is 0 Å². The van der Waals surface area contributed by atoms with Gasteiger partial charge < -0.3 is 14.8 Å². The Morgan fingerprint density at radius 3 is 2.54 bits per heavy atom. The second kappa shape index (κ2) is 7.66. The van der Waals surface area contributed by atoms with Gasteiger partial charge in [0.15, 0.2) is 6.10 Å². The third kappa shape index (κ3) is 4.96. The quantitative estimate of drug-likeness (QED) is 0.922. The summed E-state index contributed by atoms with van der Waals surface area (Å²) in [7, 11) is 0. The number of carbonyl (C=O) groups is 2. The Balaban J connectivity index is 2.03. The van der Waals surface area contributed by atoms with E-state index in [0.29, 0.717) is 12.3 Å². The van der Waals surface area contributed by atoms with Gasteiger partial charge in [0.2, 0.25) is 0 Å². The largest absolute Gasteiger partial charge is 0.444 e. The smallest absolute Gasteiger partial charge is 0.410 e. The first-order chi connectivity index (χ1) is 11.3. The lowest BCUT2D eigenvalue weighted by Crippen LogP contribution is -2.56. The van der Waals surface area contributed by atoms with Crippen molar-refractivity contribution in [2.75, 3.05) is 18.5 Å². The number of amides is 2. The fourth-order valence-electron chi connectivity index (χ4n) is 2.48. The summed E-state index contributed by atoms with van der Waals surface area (Å²) in [6, 6.07) is 9.10. The van der Waals surface area contributed by atoms with E-state index >= 15 is 0 Å². The number of ether oxygens (including phenoxy) is 2. The molecule has 2 atom stereocenters. The van der Waals surface area contributed by atoms with Crippen molar-refractivity contribution >= 4 is 17.7 Å². The van der Waals surface area contributed by atoms with Gasteiger partial charge in [0.25, 0.3) is 5.91 Å². The fraction of sp³-hybridized carbons (Fsp3) is 0.556. The summed E-state index contributed by atoms with van der Waals surface area (Å²) >= 11 is 0. The molecule has 1 aromatic rings. The van der Waals surface area contributed by atoms with E-state index < -0.39 is 17.8 Å². The molecule has 132 valence electrons. The molecule has 1 aromatic carbocycles. The highest BCUT2D eigenvalue weighted by molar-refractivity contribution is 5.94. The summed E-state index contributed by atoms with van der Waals surface area (Å²) in [4.78, 5) is 26.4. The van der Waals surface area contributed by atoms with Crippen LogP contribution in [0.3, 0.4) is 0 Å². The number of hydrogen-bond donors (Lipinski definition) is 1. The van der Waals surface area contributed by atoms with Crippen LogP contribution in [-0.2, 0) is 14.3 Å². The second-order valence-corrected chi connectivity index (χ2v) is 6.87. The van der Waals surface area contributed by atoms with Crippen molar-refractivity contribution in [3.8, 4) is 0 Å². The first kappa shape index (κ1) is 18.3. The maximum Gasteiger partial charge on any atom is 0.410 e. The van der Waals surface area contributed by atoms with E-state index in [1.54, 1.807) is 17.0 Å². The van der Waals surface area contributed by atoms with Gasteiger partial charge in [0.1, 0.15) is 5.60 Å². The zero-order valence-electron chi connectivity index (χ0n) is 14.7. The van der Waals surface area contributed by atoms with Crippen LogP contribution in [0.4, 0.5) is 10.5 Å². The van der Waals surface area contributed by atoms with E-state index in [1.807, 2.05) is 45.9 Å². The van der Waals surface area contributed by atoms with Crippen LogP contribution in [0.5, 0.6) is 0 Å². The molecule has 1 heterocycles. The Bertz CT molecular complexity index is 568. The van der Waals surface area contributed by atoms with Gasteiger partial charge in [0.05, 0.1) is 19.2 Å². The van der Waals surface area contributed by atoms with Crippen LogP contribution in [0.15, 0.2) is 30.3 Å². The molecule has 0 aromatic heterocycles. The number of rotatable bonds is 3. The number of morpholine rings is 1. The van der Waals surface area contributed by atoms with Crippen LogP contribution in [0.2, 0.25) is 0 Å². The van der Waals surface area contributed by atoms with Crippen LogP contribution in [0, 0.1) is 0 Å². The Morgan fingerprint density at radius 2 is 1.96 bits per heavy atom. The predicted molar refractivity (Wildman–Crippen MR) is 91.8 cm³/mol. The highest BCUT2D eigenvalue weighted by Crippen LogP contribution is 2.20. The van der Waals surface area contributed by atoms with Crippen LogP contribution in [-0.4, -0.2) is 47.8 Å². The molecule has 2 amide bonds. The minimum absolute atomic E-state index is 0.0828. The van der Waals surface area contributed by atoms with Gasteiger partial charge in [-0.25, -0.2) is 4.79 Å². The number of para-hydroxylation sites is 1. The molecule has 0 bridgehead atoms. The Kier molecular flexibility index (Phi) is 5.83. The number of carbonyl (C=O) groups excluding carboxylic acids is 2. The van der Waals surface area contributed by atoms with Crippen molar-refractivity contribution in [3.63, 3.8) is 0 Å². The molecule has 0 saturated carbocycles. The molecule has 6 nitrogen and oxygen atoms in total. The van der Waals surface area contributed by atoms with E-state index in [0.717, 1.165) is 6.42 Å². The van der Waals surface area contributed by atoms with Crippen LogP contribution >= 0.6 is 0 Å². The number of hydrogen-bond acceptors (Lipinski definition) is 4. The van der Waals surface area contributed by atoms with Gasteiger partial charge in [-0.3, -0.25) is 9.69 Å². The first-order valence-corrected chi connectivity index (χ1v) is 8.27. The van der Waals surface area contributed by atoms with Crippen molar-refractivity contribution in [1.29, 1.82) is 0 Å². The second-order valence-electron chi connectivity index (χ2n) is 6.87. The topological polar surface area (TPSA) is 67.9 Å². The summed E-state index contributed by atoms with van der Waals surface area (Å²) in [5.41, 5.74) is 0.127. The zero-order valence-corrected chi connectivity index (χ0v) is 14.7. The van der Waals surface area contributed by atoms with Crippen LogP contribution < -0.4 is 5.32 Å². The molecule has 6 heteroatoms. The lowest BCUT2D eigenvalue weighted by molar-refractivity contribution is -0.136. The first-order valence-electron chi connectivity index (χ1n) is 8.27. The average molecular weight is 334 g/mol. The third-order valence-electron chi connectivity index (χ3n) is 3.73. The highest BCUT2D eigenvalue weighted by Gasteiger charge is 2.36. The maximum absolute atomic E-state index is 12.4. The molecule has 0 radical (unpaired) electrons. The van der Waals surface area contributed by atoms with Crippen molar-refractivity contribution in [1.82, 2.24) is 4.90 Å². The monoisotopic (exact) mass is 334 g/mol. The van der Waals surface area contributed by atoms with E-state index in [4.69, 9.17) is 9.47 Å². The van der Waals surface area contributed by atoms with Gasteiger partial charge in [-0.15, -0.1) is 0 Å². The molecule has 0 aliphatic carbocycles. The molecular formula is C18H26N2O4. The van der Waals surface area contributed by atoms with Crippen molar-refractivity contribution in [2.45, 2.75) is 51.9 Å². The molecule has 0 unspecified atom stereocenters. The summed E-state index contributed by atoms with van der Waals surface area (Å²) in [6.07, 6.45) is -0.373. The van der Waals surface area contributed by atoms with Gasteiger partial charge in [-0.2, -0.15) is 0 Å². The molecule has 24 heavy (non-hydrogen) atoms. The zero-order chi connectivity index (χ0) is 17.7. The van der Waals surface area contributed by atoms with E-state index in [-0.39, 0.29) is 18.5 Å². The molecule has 1 aliphatic rings. The number of anilines is 1. The Morgan fingerprint density at radius 1 is 1.29 bits per heavy atom. The minimum atomic E-state index is -0.708. The number of benzene rings is 1. The fourth-order valence-corrected chi connectivity index (χ4v) is 2.48. The number of nitrogens with zero attached hydrogens (tertiary/aromatic N) is 1. The summed E-state index contributed by atoms with van der Waals surface area (Å²) < 4.78 is 11.1. The van der Waals surface area contributed by atoms with Gasteiger partial charge in [0, 0.05) is 5.69 Å². The van der Waals surface area contributed by atoms with Crippen LogP contribution in [0.1, 0.15) is 34.1 Å². The molecular weight excluding hydrogens is 308 g/mol. The minimum Gasteiger partial charge on any atom is -0.444 e. The molecule has 1 N–H and O–H groups in total. The van der Waals surface area contributed by atoms with E-state index in [1.165, 1.54) is 0 Å². The summed E-state index contributed by atoms with van der Waals surface area (Å²) in [5, 5.41) is 2.81. The van der Waals surface area contributed by atoms with E-state index in [9.17, 15) is 9.59 Å². The third-order valence-corrected chi connectivity index (χ3v) is 3.73. The molecule has 1 saturated heterocycles. The lowest BCUT2D eigenvalue weighted by atomic mass is 10.1. The standard InChI is InChI=1S/C18H26N2O4/c1-5-14-12-23-15(11-20(14)17(22)24-18(2,3)4)16(21)19-13-9-7-6-8-10-13/h6-10,14-15H,5,11-12H2,1-4H3,(H,19,21)/t14-,15+/m1/s1. The predicted octanol–water partition coefficient (Wildman–Crippen LogP) is 3.04. The Labute approximate surface area is 143 Å². The SMILES string of the molecule is CC[C@@H]1CO[C@H](C(=O)Nc2ccccc2)CN1C(=O)OC(C)(C)C. The molecule has 1 aliphatic heterocycles. The van der Waals surface area contributed by atoms with Crippen molar-refractivity contribution in [3.05, 3.63) is 30.3 Å². The Hall–Kier alpha value is -2.08. The maximum atomic E-state index is 12.4. The van der Waals surface area contributed by atoms with Crippen molar-refractivity contribution in [2.24, 2.45) is 0 Å². The lowest BCUT2D eigenvalue weighted by Gasteiger charge is -2.39. The molecule has 0 spiro atoms. The van der Waals surface area contributed by atoms with Gasteiger partial charge in [-0.05, 0) is 39.3 Å². The summed E-state index contributed by atoms with van der Waals surface area (Å²) in [6.45, 7) is 7.97. The molecule has 2 rings (SSSR count). The normalized spacial score (nSPS) is 21.2. The van der Waals surface area contributed by atoms with Gasteiger partial charge in [-0.1, -0.05) is 25.1 Å². The van der Waals surface area contributed by atoms with Gasteiger partial charge >= 0.3 is 6.09 Å². The van der Waals surface area contributed by atoms with Crippen molar-refractivity contribution < 1.29 is 19.1 Å². The summed E-state index contributed by atoms with van der Waals surface area (Å²) in [5.74, 6) is -0.260. The average Bonchev–Trinajstić information content (AvgIpc) is 2.53. The number of nitrogens with one attached hydrogen (secondary N) is 1. The highest BCUT2D eigenvalue weighted by atomic mass is 16.6. The molecule has 1 fully saturated rings.